The summed E-state index contributed by atoms with van der Waals surface area (Å²) in [5.41, 5.74) is 0. The van der Waals surface area contributed by atoms with Crippen molar-refractivity contribution in [3.05, 3.63) is 0 Å². The molecule has 0 radical (unpaired) electrons. The number of fused-ring (bicyclic) bond motifs is 4. The van der Waals surface area contributed by atoms with Crippen molar-refractivity contribution in [2.24, 2.45) is 0 Å². The summed E-state index contributed by atoms with van der Waals surface area (Å²) in [6, 6.07) is -2.62. The summed E-state index contributed by atoms with van der Waals surface area (Å²) in [7, 11) is 2.12. The van der Waals surface area contributed by atoms with Gasteiger partial charge in [0.25, 0.3) is 0 Å². The minimum Gasteiger partial charge on any atom is -0.453 e. The van der Waals surface area contributed by atoms with Gasteiger partial charge in [-0.15, -0.1) is 0 Å². The van der Waals surface area contributed by atoms with E-state index in [1.807, 2.05) is 0 Å². The van der Waals surface area contributed by atoms with Gasteiger partial charge >= 0.3 is 12.2 Å². The first-order valence-corrected chi connectivity index (χ1v) is 9.19. The molecule has 14 heteroatoms. The van der Waals surface area contributed by atoms with Gasteiger partial charge in [0.15, 0.2) is 12.5 Å². The Labute approximate surface area is 170 Å². The van der Waals surface area contributed by atoms with Crippen LogP contribution in [0.1, 0.15) is 0 Å². The largest absolute Gasteiger partial charge is 0.453 e. The lowest BCUT2D eigenvalue weighted by molar-refractivity contribution is -0.278. The number of carbonyl (C=O) groups excluding carboxylic acids is 2. The molecule has 0 aromatic carbocycles. The van der Waals surface area contributed by atoms with E-state index in [9.17, 15) is 40.2 Å². The average molecular weight is 438 g/mol. The molecule has 3 aliphatic heterocycles. The third-order valence-electron chi connectivity index (χ3n) is 5.68. The van der Waals surface area contributed by atoms with Crippen LogP contribution in [-0.2, 0) is 18.9 Å². The van der Waals surface area contributed by atoms with Crippen molar-refractivity contribution in [3.63, 3.8) is 0 Å². The predicted molar refractivity (Wildman–Crippen MR) is 91.6 cm³/mol. The number of hydrogen-bond acceptors (Lipinski definition) is 12. The number of carbonyl (C=O) groups is 2. The maximum Gasteiger partial charge on any atom is 0.412 e. The lowest BCUT2D eigenvalue weighted by Crippen LogP contribution is -2.74. The van der Waals surface area contributed by atoms with E-state index in [0.29, 0.717) is 0 Å². The molecule has 3 saturated heterocycles. The summed E-state index contributed by atoms with van der Waals surface area (Å²) in [6.45, 7) is -1.13. The molecule has 3 aliphatic rings. The Morgan fingerprint density at radius 1 is 0.667 bits per heavy atom. The number of methoxy groups -OCH3 is 2. The van der Waals surface area contributed by atoms with Gasteiger partial charge in [0, 0.05) is 0 Å². The van der Waals surface area contributed by atoms with Gasteiger partial charge in [-0.3, -0.25) is 9.80 Å². The number of aliphatic hydroxyl groups is 6. The summed E-state index contributed by atoms with van der Waals surface area (Å²) in [6.07, 6.45) is -15.5. The van der Waals surface area contributed by atoms with Crippen LogP contribution in [0.5, 0.6) is 0 Å². The second-order valence-corrected chi connectivity index (χ2v) is 7.28. The fourth-order valence-corrected chi connectivity index (χ4v) is 4.03. The highest BCUT2D eigenvalue weighted by Crippen LogP contribution is 2.32. The van der Waals surface area contributed by atoms with E-state index in [1.54, 1.807) is 0 Å². The molecule has 4 bridgehead atoms. The van der Waals surface area contributed by atoms with Gasteiger partial charge in [0.05, 0.1) is 39.5 Å². The molecule has 14 nitrogen and oxygen atoms in total. The van der Waals surface area contributed by atoms with Crippen molar-refractivity contribution in [1.82, 2.24) is 9.80 Å². The molecule has 3 heterocycles. The first-order valence-electron chi connectivity index (χ1n) is 9.19. The van der Waals surface area contributed by atoms with E-state index in [4.69, 9.17) is 9.47 Å². The molecule has 0 spiro atoms. The number of ether oxygens (including phenoxy) is 4. The topological polar surface area (TPSA) is 199 Å². The lowest BCUT2D eigenvalue weighted by atomic mass is 9.90. The molecule has 0 aliphatic carbocycles. The Morgan fingerprint density at radius 3 is 1.30 bits per heavy atom. The molecule has 0 unspecified atom stereocenters. The van der Waals surface area contributed by atoms with E-state index in [-0.39, 0.29) is 0 Å². The monoisotopic (exact) mass is 438 g/mol. The summed E-state index contributed by atoms with van der Waals surface area (Å²) in [4.78, 5) is 26.3. The van der Waals surface area contributed by atoms with Crippen molar-refractivity contribution >= 4 is 12.2 Å². The second kappa shape index (κ2) is 8.76. The van der Waals surface area contributed by atoms with Crippen molar-refractivity contribution in [3.8, 4) is 0 Å². The predicted octanol–water partition coefficient (Wildman–Crippen LogP) is -4.25. The lowest BCUT2D eigenvalue weighted by Gasteiger charge is -2.52. The molecule has 0 aromatic heterocycles. The maximum atomic E-state index is 12.3. The van der Waals surface area contributed by atoms with Gasteiger partial charge < -0.3 is 49.6 Å². The third kappa shape index (κ3) is 3.58. The Bertz CT molecular complexity index is 562. The molecule has 30 heavy (non-hydrogen) atoms. The van der Waals surface area contributed by atoms with Crippen LogP contribution in [0.2, 0.25) is 0 Å². The van der Waals surface area contributed by atoms with E-state index in [0.717, 1.165) is 24.0 Å². The molecule has 0 saturated carbocycles. The number of rotatable bonds is 0. The van der Waals surface area contributed by atoms with Crippen molar-refractivity contribution in [2.75, 3.05) is 27.4 Å². The Kier molecular flexibility index (Phi) is 6.69. The molecule has 10 atom stereocenters. The Morgan fingerprint density at radius 2 is 1.00 bits per heavy atom. The zero-order valence-electron chi connectivity index (χ0n) is 16.2. The smallest absolute Gasteiger partial charge is 0.412 e. The average Bonchev–Trinajstić information content (AvgIpc) is 2.74. The first kappa shape index (κ1) is 22.9. The van der Waals surface area contributed by atoms with Crippen LogP contribution in [0, 0.1) is 0 Å². The minimum absolute atomic E-state index is 0.565. The normalized spacial score (nSPS) is 44.3. The quantitative estimate of drug-likeness (QED) is 0.213. The van der Waals surface area contributed by atoms with Crippen LogP contribution in [-0.4, -0.2) is 141 Å². The molecule has 3 fully saturated rings. The highest BCUT2D eigenvalue weighted by atomic mass is 16.6. The molecule has 2 amide bonds. The van der Waals surface area contributed by atoms with E-state index >= 15 is 0 Å². The summed E-state index contributed by atoms with van der Waals surface area (Å²) in [5.74, 6) is 0. The molecular weight excluding hydrogens is 412 g/mol. The third-order valence-corrected chi connectivity index (χ3v) is 5.68. The van der Waals surface area contributed by atoms with Gasteiger partial charge in [-0.25, -0.2) is 9.59 Å². The molecule has 172 valence electrons. The van der Waals surface area contributed by atoms with Crippen LogP contribution >= 0.6 is 0 Å². The van der Waals surface area contributed by atoms with Crippen LogP contribution in [0.25, 0.3) is 0 Å². The standard InChI is InChI=1S/C16H26N2O12/c1-27-15(25)17-5-3-30-14-12(24)10(22)8(20)6(18(14)16(26)28-2)4-29-13(17)11(23)9(21)7(5)19/h5-14,19-24H,3-4H2,1-2H3/t5-,6-,7-,8-,9+,10+,11-,12-,13-,14-/m1/s1. The second-order valence-electron chi connectivity index (χ2n) is 7.28. The summed E-state index contributed by atoms with van der Waals surface area (Å²) >= 11 is 0. The van der Waals surface area contributed by atoms with Crippen molar-refractivity contribution < 1.29 is 59.2 Å². The van der Waals surface area contributed by atoms with Crippen LogP contribution < -0.4 is 0 Å². The fourth-order valence-electron chi connectivity index (χ4n) is 4.03. The van der Waals surface area contributed by atoms with E-state index in [1.165, 1.54) is 0 Å². The number of piperidine rings is 2. The summed E-state index contributed by atoms with van der Waals surface area (Å²) in [5, 5.41) is 62.0. The Balaban J connectivity index is 2.04. The molecule has 0 aromatic rings. The Hall–Kier alpha value is -1.78. The fraction of sp³-hybridized carbons (Fsp3) is 0.875. The van der Waals surface area contributed by atoms with E-state index < -0.39 is 86.6 Å². The molecular formula is C16H26N2O12. The first-order chi connectivity index (χ1) is 14.1. The van der Waals surface area contributed by atoms with Gasteiger partial charge in [0.1, 0.15) is 36.6 Å². The van der Waals surface area contributed by atoms with Gasteiger partial charge in [-0.1, -0.05) is 0 Å². The molecule has 6 N–H and O–H groups in total. The summed E-state index contributed by atoms with van der Waals surface area (Å²) < 4.78 is 20.5. The number of aliphatic hydroxyl groups excluding tert-OH is 6. The number of amides is 2. The van der Waals surface area contributed by atoms with Gasteiger partial charge in [-0.2, -0.15) is 0 Å². The van der Waals surface area contributed by atoms with Crippen LogP contribution in [0.4, 0.5) is 9.59 Å². The molecule has 3 rings (SSSR count). The van der Waals surface area contributed by atoms with Crippen LogP contribution in [0.3, 0.4) is 0 Å². The number of nitrogens with zero attached hydrogens (tertiary/aromatic N) is 2. The SMILES string of the molecule is COC(=O)N1[C@@H]2CO[C@@H]3[C@H](O)[C@@H](O)[C@H](O)[C@@H](CO[C@@H]1[C@H](O)[C@@H](O)[C@@H]2O)N3C(=O)OC. The van der Waals surface area contributed by atoms with Crippen molar-refractivity contribution in [1.29, 1.82) is 0 Å². The van der Waals surface area contributed by atoms with Gasteiger partial charge in [0.2, 0.25) is 0 Å². The number of hydrogen-bond donors (Lipinski definition) is 6. The highest BCUT2D eigenvalue weighted by Gasteiger charge is 2.56. The maximum absolute atomic E-state index is 12.3. The van der Waals surface area contributed by atoms with Gasteiger partial charge in [-0.05, 0) is 0 Å². The van der Waals surface area contributed by atoms with E-state index in [2.05, 4.69) is 9.47 Å². The zero-order valence-corrected chi connectivity index (χ0v) is 16.2. The zero-order chi connectivity index (χ0) is 22.3. The minimum atomic E-state index is -1.77. The van der Waals surface area contributed by atoms with Crippen molar-refractivity contribution in [2.45, 2.75) is 61.2 Å². The van der Waals surface area contributed by atoms with Crippen LogP contribution in [0.15, 0.2) is 0 Å². The highest BCUT2D eigenvalue weighted by molar-refractivity contribution is 5.69.